The molecule has 0 heterocycles. The van der Waals surface area contributed by atoms with Gasteiger partial charge >= 0.3 is 0 Å². The van der Waals surface area contributed by atoms with Crippen LogP contribution in [0.3, 0.4) is 0 Å². The van der Waals surface area contributed by atoms with E-state index in [4.69, 9.17) is 30.5 Å². The lowest BCUT2D eigenvalue weighted by atomic mass is 10.0. The Morgan fingerprint density at radius 3 is 1.91 bits per heavy atom. The molecule has 0 saturated heterocycles. The highest BCUT2D eigenvalue weighted by molar-refractivity contribution is 6.30. The number of ether oxygens (including phenoxy) is 4. The number of ketones is 1. The third kappa shape index (κ3) is 6.17. The Morgan fingerprint density at radius 1 is 0.788 bits per heavy atom. The highest BCUT2D eigenvalue weighted by Crippen LogP contribution is 2.34. The van der Waals surface area contributed by atoms with Crippen molar-refractivity contribution in [3.63, 3.8) is 0 Å². The second-order valence-electron chi connectivity index (χ2n) is 6.94. The van der Waals surface area contributed by atoms with Crippen LogP contribution < -0.4 is 24.3 Å². The minimum absolute atomic E-state index is 0.125. The number of carbonyl (C=O) groups is 2. The first-order valence-corrected chi connectivity index (χ1v) is 10.4. The van der Waals surface area contributed by atoms with Gasteiger partial charge in [-0.3, -0.25) is 9.59 Å². The van der Waals surface area contributed by atoms with E-state index in [1.165, 1.54) is 21.3 Å². The molecule has 0 aromatic heterocycles. The number of carbonyl (C=O) groups excluding carboxylic acids is 2. The molecule has 0 radical (unpaired) electrons. The lowest BCUT2D eigenvalue weighted by Crippen LogP contribution is -2.28. The van der Waals surface area contributed by atoms with Crippen molar-refractivity contribution in [3.05, 3.63) is 82.4 Å². The largest absolute Gasteiger partial charge is 0.496 e. The second-order valence-corrected chi connectivity index (χ2v) is 7.38. The molecule has 0 aliphatic heterocycles. The summed E-state index contributed by atoms with van der Waals surface area (Å²) in [6.45, 7) is 0.0420. The first-order chi connectivity index (χ1) is 15.9. The van der Waals surface area contributed by atoms with Gasteiger partial charge in [-0.25, -0.2) is 0 Å². The lowest BCUT2D eigenvalue weighted by molar-refractivity contribution is -0.123. The zero-order valence-corrected chi connectivity index (χ0v) is 19.3. The Hall–Kier alpha value is -3.71. The van der Waals surface area contributed by atoms with Crippen molar-refractivity contribution in [1.29, 1.82) is 0 Å². The molecule has 33 heavy (non-hydrogen) atoms. The summed E-state index contributed by atoms with van der Waals surface area (Å²) in [7, 11) is 4.61. The standard InChI is InChI=1S/C25H24ClNO6/c1-30-21-13-23(32-3)22(31-2)12-18(21)14-27-24(28)15-33-20-10-6-17(7-11-20)25(29)16-4-8-19(26)9-5-16/h4-13H,14-15H2,1-3H3,(H,27,28). The van der Waals surface area contributed by atoms with Gasteiger partial charge in [-0.1, -0.05) is 11.6 Å². The minimum atomic E-state index is -0.312. The summed E-state index contributed by atoms with van der Waals surface area (Å²) in [5.41, 5.74) is 1.78. The highest BCUT2D eigenvalue weighted by atomic mass is 35.5. The Morgan fingerprint density at radius 2 is 1.33 bits per heavy atom. The summed E-state index contributed by atoms with van der Waals surface area (Å²) in [5, 5.41) is 3.35. The fraction of sp³-hybridized carbons (Fsp3) is 0.200. The van der Waals surface area contributed by atoms with E-state index in [0.29, 0.717) is 39.1 Å². The molecule has 3 aromatic rings. The number of methoxy groups -OCH3 is 3. The van der Waals surface area contributed by atoms with Gasteiger partial charge in [-0.05, 0) is 54.6 Å². The van der Waals surface area contributed by atoms with Gasteiger partial charge in [0.25, 0.3) is 5.91 Å². The van der Waals surface area contributed by atoms with Crippen molar-refractivity contribution in [2.24, 2.45) is 0 Å². The molecule has 1 N–H and O–H groups in total. The normalized spacial score (nSPS) is 10.3. The van der Waals surface area contributed by atoms with Crippen molar-refractivity contribution in [3.8, 4) is 23.0 Å². The number of halogens is 1. The molecule has 1 amide bonds. The van der Waals surface area contributed by atoms with E-state index in [-0.39, 0.29) is 24.8 Å². The molecule has 3 rings (SSSR count). The average molecular weight is 470 g/mol. The van der Waals surface area contributed by atoms with Gasteiger partial charge in [-0.2, -0.15) is 0 Å². The lowest BCUT2D eigenvalue weighted by Gasteiger charge is -2.14. The molecule has 0 saturated carbocycles. The zero-order chi connectivity index (χ0) is 23.8. The molecule has 7 nitrogen and oxygen atoms in total. The maximum Gasteiger partial charge on any atom is 0.258 e. The SMILES string of the molecule is COc1cc(OC)c(OC)cc1CNC(=O)COc1ccc(C(=O)c2ccc(Cl)cc2)cc1. The topological polar surface area (TPSA) is 83.1 Å². The third-order valence-electron chi connectivity index (χ3n) is 4.86. The fourth-order valence-corrected chi connectivity index (χ4v) is 3.22. The average Bonchev–Trinajstić information content (AvgIpc) is 2.85. The molecule has 0 fully saturated rings. The van der Waals surface area contributed by atoms with E-state index >= 15 is 0 Å². The Labute approximate surface area is 197 Å². The summed E-state index contributed by atoms with van der Waals surface area (Å²) < 4.78 is 21.5. The number of nitrogens with one attached hydrogen (secondary N) is 1. The van der Waals surface area contributed by atoms with Crippen LogP contribution in [0.25, 0.3) is 0 Å². The second kappa shape index (κ2) is 11.2. The van der Waals surface area contributed by atoms with Gasteiger partial charge in [-0.15, -0.1) is 0 Å². The van der Waals surface area contributed by atoms with Crippen LogP contribution in [0.4, 0.5) is 0 Å². The quantitative estimate of drug-likeness (QED) is 0.446. The predicted molar refractivity (Wildman–Crippen MR) is 125 cm³/mol. The zero-order valence-electron chi connectivity index (χ0n) is 18.5. The smallest absolute Gasteiger partial charge is 0.258 e. The highest BCUT2D eigenvalue weighted by Gasteiger charge is 2.13. The van der Waals surface area contributed by atoms with Crippen LogP contribution in [-0.2, 0) is 11.3 Å². The molecule has 0 aliphatic carbocycles. The van der Waals surface area contributed by atoms with Gasteiger partial charge in [0.15, 0.2) is 23.9 Å². The first-order valence-electron chi connectivity index (χ1n) is 10.0. The molecular formula is C25H24ClNO6. The predicted octanol–water partition coefficient (Wildman–Crippen LogP) is 4.29. The van der Waals surface area contributed by atoms with Gasteiger partial charge in [0, 0.05) is 34.3 Å². The van der Waals surface area contributed by atoms with Crippen LogP contribution in [0.15, 0.2) is 60.7 Å². The first kappa shape index (κ1) is 23.9. The molecule has 0 spiro atoms. The molecule has 0 atom stereocenters. The van der Waals surface area contributed by atoms with Crippen LogP contribution >= 0.6 is 11.6 Å². The van der Waals surface area contributed by atoms with Gasteiger partial charge < -0.3 is 24.3 Å². The van der Waals surface area contributed by atoms with Crippen molar-refractivity contribution in [2.45, 2.75) is 6.54 Å². The van der Waals surface area contributed by atoms with E-state index in [9.17, 15) is 9.59 Å². The van der Waals surface area contributed by atoms with Crippen LogP contribution in [0.1, 0.15) is 21.5 Å². The summed E-state index contributed by atoms with van der Waals surface area (Å²) in [6, 6.07) is 16.7. The Balaban J connectivity index is 1.55. The number of hydrogen-bond donors (Lipinski definition) is 1. The molecule has 8 heteroatoms. The van der Waals surface area contributed by atoms with Gasteiger partial charge in [0.05, 0.1) is 21.3 Å². The van der Waals surface area contributed by atoms with E-state index in [2.05, 4.69) is 5.32 Å². The number of benzene rings is 3. The summed E-state index contributed by atoms with van der Waals surface area (Å²) in [5.74, 6) is 1.67. The summed E-state index contributed by atoms with van der Waals surface area (Å²) in [6.07, 6.45) is 0. The fourth-order valence-electron chi connectivity index (χ4n) is 3.09. The maximum atomic E-state index is 12.5. The van der Waals surface area contributed by atoms with Gasteiger partial charge in [0.2, 0.25) is 0 Å². The minimum Gasteiger partial charge on any atom is -0.496 e. The van der Waals surface area contributed by atoms with Gasteiger partial charge in [0.1, 0.15) is 11.5 Å². The number of rotatable bonds is 10. The van der Waals surface area contributed by atoms with Crippen LogP contribution in [0, 0.1) is 0 Å². The molecule has 172 valence electrons. The van der Waals surface area contributed by atoms with Crippen LogP contribution in [0.5, 0.6) is 23.0 Å². The molecular weight excluding hydrogens is 446 g/mol. The maximum absolute atomic E-state index is 12.5. The van der Waals surface area contributed by atoms with Crippen LogP contribution in [0.2, 0.25) is 5.02 Å². The molecule has 0 unspecified atom stereocenters. The van der Waals surface area contributed by atoms with E-state index in [1.807, 2.05) is 0 Å². The molecule has 0 aliphatic rings. The molecule has 0 bridgehead atoms. The monoisotopic (exact) mass is 469 g/mol. The Bertz CT molecular complexity index is 1110. The summed E-state index contributed by atoms with van der Waals surface area (Å²) >= 11 is 5.86. The van der Waals surface area contributed by atoms with Crippen molar-refractivity contribution >= 4 is 23.3 Å². The number of hydrogen-bond acceptors (Lipinski definition) is 6. The van der Waals surface area contributed by atoms with E-state index < -0.39 is 0 Å². The third-order valence-corrected chi connectivity index (χ3v) is 5.11. The van der Waals surface area contributed by atoms with Crippen molar-refractivity contribution in [1.82, 2.24) is 5.32 Å². The number of amides is 1. The summed E-state index contributed by atoms with van der Waals surface area (Å²) in [4.78, 5) is 24.8. The molecule has 3 aromatic carbocycles. The van der Waals surface area contributed by atoms with E-state index in [0.717, 1.165) is 5.56 Å². The Kier molecular flexibility index (Phi) is 8.16. The van der Waals surface area contributed by atoms with E-state index in [1.54, 1.807) is 60.7 Å². The van der Waals surface area contributed by atoms with Crippen molar-refractivity contribution in [2.75, 3.05) is 27.9 Å². The van der Waals surface area contributed by atoms with Crippen LogP contribution in [-0.4, -0.2) is 39.6 Å². The van der Waals surface area contributed by atoms with Crippen molar-refractivity contribution < 1.29 is 28.5 Å².